The second-order valence-electron chi connectivity index (χ2n) is 12.5. The largest absolute Gasteiger partial charge is 0.462 e. The lowest BCUT2D eigenvalue weighted by Gasteiger charge is -2.31. The van der Waals surface area contributed by atoms with Crippen LogP contribution in [0.25, 0.3) is 11.1 Å². The van der Waals surface area contributed by atoms with Gasteiger partial charge in [0.1, 0.15) is 6.04 Å². The van der Waals surface area contributed by atoms with Gasteiger partial charge < -0.3 is 24.7 Å². The van der Waals surface area contributed by atoms with Crippen molar-refractivity contribution in [2.24, 2.45) is 5.92 Å². The highest BCUT2D eigenvalue weighted by Gasteiger charge is 2.46. The lowest BCUT2D eigenvalue weighted by Crippen LogP contribution is -2.41. The second-order valence-corrected chi connectivity index (χ2v) is 12.9. The molecule has 3 aromatic rings. The number of esters is 1. The second kappa shape index (κ2) is 12.8. The molecule has 10 heteroatoms. The van der Waals surface area contributed by atoms with Gasteiger partial charge in [-0.15, -0.1) is 0 Å². The van der Waals surface area contributed by atoms with Crippen molar-refractivity contribution < 1.29 is 23.9 Å². The Bertz CT molecular complexity index is 1670. The number of hydrogen-bond acceptors (Lipinski definition) is 6. The van der Waals surface area contributed by atoms with Crippen LogP contribution < -0.4 is 16.2 Å². The quantitative estimate of drug-likeness (QED) is 0.297. The van der Waals surface area contributed by atoms with Gasteiger partial charge in [0, 0.05) is 41.2 Å². The molecule has 3 aliphatic rings. The zero-order valence-electron chi connectivity index (χ0n) is 25.6. The van der Waals surface area contributed by atoms with Gasteiger partial charge in [0.25, 0.3) is 11.5 Å². The van der Waals surface area contributed by atoms with Gasteiger partial charge in [0.15, 0.2) is 0 Å². The van der Waals surface area contributed by atoms with Gasteiger partial charge in [-0.2, -0.15) is 0 Å². The van der Waals surface area contributed by atoms with Gasteiger partial charge in [0.05, 0.1) is 23.8 Å². The number of pyridine rings is 1. The first kappa shape index (κ1) is 31.0. The van der Waals surface area contributed by atoms with Crippen LogP contribution in [-0.2, 0) is 20.7 Å². The SMILES string of the molecule is CCOC(=O)c1ccc(NC(=O)C(C[C@H]2CC[C@H](OC)CC2)n2cc3c(cc2=O)-c2cc(Cl)ccc2CC2(CC2)NC3=O)cc1. The van der Waals surface area contributed by atoms with Crippen LogP contribution in [0.3, 0.4) is 0 Å². The van der Waals surface area contributed by atoms with E-state index in [1.54, 1.807) is 44.5 Å². The average molecular weight is 632 g/mol. The lowest BCUT2D eigenvalue weighted by molar-refractivity contribution is -0.120. The Kier molecular flexibility index (Phi) is 8.84. The zero-order valence-corrected chi connectivity index (χ0v) is 26.3. The maximum Gasteiger partial charge on any atom is 0.338 e. The number of rotatable bonds is 8. The molecule has 0 saturated heterocycles. The third-order valence-electron chi connectivity index (χ3n) is 9.43. The number of nitrogens with one attached hydrogen (secondary N) is 2. The van der Waals surface area contributed by atoms with E-state index in [4.69, 9.17) is 21.1 Å². The molecule has 0 radical (unpaired) electrons. The van der Waals surface area contributed by atoms with E-state index in [0.29, 0.717) is 40.2 Å². The number of carbonyl (C=O) groups excluding carboxylic acids is 3. The van der Waals surface area contributed by atoms with Crippen LogP contribution in [0.1, 0.15) is 84.2 Å². The molecule has 2 aromatic carbocycles. The molecule has 2 aliphatic carbocycles. The Balaban J connectivity index is 1.37. The van der Waals surface area contributed by atoms with Crippen molar-refractivity contribution in [3.63, 3.8) is 0 Å². The molecule has 1 atom stereocenters. The summed E-state index contributed by atoms with van der Waals surface area (Å²) in [6.45, 7) is 2.00. The molecule has 1 spiro atoms. The van der Waals surface area contributed by atoms with Crippen molar-refractivity contribution in [1.29, 1.82) is 0 Å². The molecule has 1 aromatic heterocycles. The van der Waals surface area contributed by atoms with Gasteiger partial charge in [-0.05, 0) is 112 Å². The first-order valence-corrected chi connectivity index (χ1v) is 16.0. The summed E-state index contributed by atoms with van der Waals surface area (Å²) in [5.74, 6) is -0.893. The van der Waals surface area contributed by atoms with Crippen LogP contribution in [0.2, 0.25) is 5.02 Å². The first-order valence-electron chi connectivity index (χ1n) is 15.7. The summed E-state index contributed by atoms with van der Waals surface area (Å²) in [5.41, 5.74) is 2.80. The highest BCUT2D eigenvalue weighted by molar-refractivity contribution is 6.31. The number of carbonyl (C=O) groups is 3. The molecular formula is C35H38ClN3O6. The van der Waals surface area contributed by atoms with Crippen molar-refractivity contribution >= 4 is 35.1 Å². The summed E-state index contributed by atoms with van der Waals surface area (Å²) in [6, 6.07) is 12.7. The van der Waals surface area contributed by atoms with E-state index in [1.807, 2.05) is 18.2 Å². The number of ether oxygens (including phenoxy) is 2. The fourth-order valence-corrected chi connectivity index (χ4v) is 6.89. The minimum Gasteiger partial charge on any atom is -0.462 e. The molecule has 1 aliphatic heterocycles. The van der Waals surface area contributed by atoms with Crippen LogP contribution in [0.15, 0.2) is 59.5 Å². The minimum absolute atomic E-state index is 0.190. The molecule has 9 nitrogen and oxygen atoms in total. The molecule has 0 bridgehead atoms. The normalized spacial score (nSPS) is 20.6. The van der Waals surface area contributed by atoms with Crippen molar-refractivity contribution in [1.82, 2.24) is 9.88 Å². The maximum absolute atomic E-state index is 14.0. The van der Waals surface area contributed by atoms with Crippen LogP contribution in [0, 0.1) is 5.92 Å². The van der Waals surface area contributed by atoms with E-state index in [-0.39, 0.29) is 41.5 Å². The van der Waals surface area contributed by atoms with Crippen LogP contribution in [0.4, 0.5) is 5.69 Å². The van der Waals surface area contributed by atoms with Crippen molar-refractivity contribution in [2.45, 2.75) is 76.0 Å². The first-order chi connectivity index (χ1) is 21.7. The van der Waals surface area contributed by atoms with Crippen LogP contribution >= 0.6 is 11.6 Å². The van der Waals surface area contributed by atoms with Crippen LogP contribution in [-0.4, -0.2) is 47.7 Å². The smallest absolute Gasteiger partial charge is 0.338 e. The van der Waals surface area contributed by atoms with Crippen molar-refractivity contribution in [2.75, 3.05) is 19.0 Å². The number of nitrogens with zero attached hydrogens (tertiary/aromatic N) is 1. The topological polar surface area (TPSA) is 116 Å². The molecule has 2 fully saturated rings. The summed E-state index contributed by atoms with van der Waals surface area (Å²) >= 11 is 6.40. The highest BCUT2D eigenvalue weighted by atomic mass is 35.5. The Labute approximate surface area is 267 Å². The fourth-order valence-electron chi connectivity index (χ4n) is 6.71. The Hall–Kier alpha value is -3.95. The van der Waals surface area contributed by atoms with E-state index in [1.165, 1.54) is 10.6 Å². The van der Waals surface area contributed by atoms with Gasteiger partial charge >= 0.3 is 5.97 Å². The highest BCUT2D eigenvalue weighted by Crippen LogP contribution is 2.43. The molecule has 1 unspecified atom stereocenters. The molecule has 45 heavy (non-hydrogen) atoms. The standard InChI is InChI=1S/C35H38ClN3O6/c1-3-45-34(43)22-7-10-25(11-8-22)37-33(42)30(16-21-4-12-26(44-2)13-5-21)39-20-29-28(18-31(39)40)27-17-24(36)9-6-23(27)19-35(14-15-35)38-32(29)41/h6-11,17-18,20-21,26,30H,3-5,12-16,19H2,1-2H3,(H,37,42)(H,38,41)/t21-,26-,30?. The fraction of sp³-hybridized carbons (Fsp3) is 0.429. The molecular weight excluding hydrogens is 594 g/mol. The summed E-state index contributed by atoms with van der Waals surface area (Å²) in [6.07, 6.45) is 8.08. The summed E-state index contributed by atoms with van der Waals surface area (Å²) < 4.78 is 12.0. The Morgan fingerprint density at radius 3 is 2.42 bits per heavy atom. The number of hydrogen-bond donors (Lipinski definition) is 2. The van der Waals surface area contributed by atoms with E-state index in [0.717, 1.165) is 49.7 Å². The molecule has 2 saturated carbocycles. The molecule has 2 heterocycles. The van der Waals surface area contributed by atoms with Gasteiger partial charge in [-0.25, -0.2) is 4.79 Å². The van der Waals surface area contributed by atoms with E-state index < -0.39 is 12.0 Å². The van der Waals surface area contributed by atoms with Gasteiger partial charge in [0.2, 0.25) is 5.91 Å². The number of amides is 2. The molecule has 236 valence electrons. The van der Waals surface area contributed by atoms with Gasteiger partial charge in [-0.3, -0.25) is 14.4 Å². The number of benzene rings is 2. The number of aromatic nitrogens is 1. The monoisotopic (exact) mass is 631 g/mol. The minimum atomic E-state index is -0.872. The van der Waals surface area contributed by atoms with E-state index >= 15 is 0 Å². The number of halogens is 1. The van der Waals surface area contributed by atoms with Crippen LogP contribution in [0.5, 0.6) is 0 Å². The Morgan fingerprint density at radius 1 is 1.02 bits per heavy atom. The maximum atomic E-state index is 14.0. The molecule has 6 rings (SSSR count). The predicted octanol–water partition coefficient (Wildman–Crippen LogP) is 5.94. The number of anilines is 1. The third kappa shape index (κ3) is 6.70. The molecule has 2 N–H and O–H groups in total. The van der Waals surface area contributed by atoms with Crippen molar-refractivity contribution in [3.05, 3.63) is 86.8 Å². The summed E-state index contributed by atoms with van der Waals surface area (Å²) in [4.78, 5) is 53.7. The summed E-state index contributed by atoms with van der Waals surface area (Å²) in [7, 11) is 1.72. The molecule has 2 amide bonds. The Morgan fingerprint density at radius 2 is 1.76 bits per heavy atom. The lowest BCUT2D eigenvalue weighted by atomic mass is 9.83. The average Bonchev–Trinajstić information content (AvgIpc) is 3.79. The van der Waals surface area contributed by atoms with Crippen molar-refractivity contribution in [3.8, 4) is 11.1 Å². The van der Waals surface area contributed by atoms with E-state index in [9.17, 15) is 19.2 Å². The summed E-state index contributed by atoms with van der Waals surface area (Å²) in [5, 5.41) is 6.67. The van der Waals surface area contributed by atoms with Gasteiger partial charge in [-0.1, -0.05) is 17.7 Å². The predicted molar refractivity (Wildman–Crippen MR) is 172 cm³/mol. The zero-order chi connectivity index (χ0) is 31.7. The number of fused-ring (bicyclic) bond motifs is 3. The third-order valence-corrected chi connectivity index (χ3v) is 9.67. The van der Waals surface area contributed by atoms with E-state index in [2.05, 4.69) is 10.6 Å². The number of methoxy groups -OCH3 is 1.